The first-order chi connectivity index (χ1) is 7.03. The molecule has 9 heteroatoms. The molecule has 0 radical (unpaired) electrons. The number of nitrogens with zero attached hydrogens (tertiary/aromatic N) is 2. The van der Waals surface area contributed by atoms with Crippen LogP contribution in [0.2, 0.25) is 0 Å². The van der Waals surface area contributed by atoms with Gasteiger partial charge in [-0.3, -0.25) is 10.0 Å². The molecule has 6 N–H and O–H groups in total. The maximum atomic E-state index is 11.5. The van der Waals surface area contributed by atoms with Crippen molar-refractivity contribution in [3.8, 4) is 0 Å². The first-order valence-electron chi connectivity index (χ1n) is 4.22. The molecule has 0 aromatic rings. The summed E-state index contributed by atoms with van der Waals surface area (Å²) in [5, 5.41) is 56.0. The summed E-state index contributed by atoms with van der Waals surface area (Å²) in [6.07, 6.45) is 0.423. The van der Waals surface area contributed by atoms with E-state index in [1.807, 2.05) is 0 Å². The van der Waals surface area contributed by atoms with Crippen LogP contribution < -0.4 is 0 Å². The highest BCUT2D eigenvalue weighted by Crippen LogP contribution is 2.43. The monoisotopic (exact) mass is 234 g/mol. The van der Waals surface area contributed by atoms with E-state index < -0.39 is 29.2 Å². The number of aliphatic hydroxyl groups is 5. The van der Waals surface area contributed by atoms with E-state index in [9.17, 15) is 35.5 Å². The Morgan fingerprint density at radius 3 is 2.12 bits per heavy atom. The molecule has 0 aromatic heterocycles. The Kier molecular flexibility index (Phi) is 1.78. The van der Waals surface area contributed by atoms with E-state index in [0.29, 0.717) is 6.08 Å². The van der Waals surface area contributed by atoms with Crippen molar-refractivity contribution in [3.05, 3.63) is 11.9 Å². The summed E-state index contributed by atoms with van der Waals surface area (Å²) >= 11 is 0. The predicted octanol–water partition coefficient (Wildman–Crippen LogP) is -3.60. The summed E-state index contributed by atoms with van der Waals surface area (Å²) in [5.41, 5.74) is -2.40. The number of hydrogen-bond acceptors (Lipinski definition) is 8. The van der Waals surface area contributed by atoms with Gasteiger partial charge in [0.15, 0.2) is 0 Å². The Bertz CT molecular complexity index is 400. The van der Waals surface area contributed by atoms with Gasteiger partial charge in [-0.25, -0.2) is 4.90 Å². The standard InChI is InChI=1S/C7H10N2O7/c1-5(11)4(10)8-3(9(5)16)2-6(12,13)7(8,14)15/h2,11-16H,1H3. The predicted molar refractivity (Wildman–Crippen MR) is 43.5 cm³/mol. The topological polar surface area (TPSA) is 145 Å². The molecule has 0 bridgehead atoms. The lowest BCUT2D eigenvalue weighted by Gasteiger charge is -2.32. The van der Waals surface area contributed by atoms with E-state index in [2.05, 4.69) is 0 Å². The zero-order valence-corrected chi connectivity index (χ0v) is 8.06. The molecular weight excluding hydrogens is 224 g/mol. The zero-order chi connectivity index (χ0) is 12.5. The molecule has 0 aromatic carbocycles. The quantitative estimate of drug-likeness (QED) is 0.236. The van der Waals surface area contributed by atoms with Crippen molar-refractivity contribution in [1.82, 2.24) is 9.96 Å². The van der Waals surface area contributed by atoms with Crippen LogP contribution in [0.3, 0.4) is 0 Å². The van der Waals surface area contributed by atoms with E-state index in [1.165, 1.54) is 0 Å². The van der Waals surface area contributed by atoms with Crippen LogP contribution in [0.15, 0.2) is 11.9 Å². The van der Waals surface area contributed by atoms with E-state index in [-0.39, 0.29) is 9.96 Å². The molecule has 1 fully saturated rings. The largest absolute Gasteiger partial charge is 0.362 e. The molecule has 1 unspecified atom stereocenters. The Hall–Kier alpha value is -1.23. The van der Waals surface area contributed by atoms with Crippen LogP contribution in [0.1, 0.15) is 6.92 Å². The molecule has 2 aliphatic heterocycles. The maximum Gasteiger partial charge on any atom is 0.315 e. The SMILES string of the molecule is CC1(O)C(=O)N2C(=CC(O)(O)C2(O)O)N1O. The van der Waals surface area contributed by atoms with Gasteiger partial charge >= 0.3 is 5.91 Å². The van der Waals surface area contributed by atoms with Crippen molar-refractivity contribution < 1.29 is 35.5 Å². The Morgan fingerprint density at radius 1 is 1.19 bits per heavy atom. The second-order valence-electron chi connectivity index (χ2n) is 3.84. The van der Waals surface area contributed by atoms with Crippen molar-refractivity contribution >= 4 is 5.91 Å². The van der Waals surface area contributed by atoms with Crippen LogP contribution in [-0.2, 0) is 4.79 Å². The Labute approximate surface area is 88.6 Å². The van der Waals surface area contributed by atoms with Crippen LogP contribution in [-0.4, -0.2) is 64.0 Å². The first kappa shape index (κ1) is 11.3. The minimum absolute atomic E-state index is 0.00468. The third-order valence-electron chi connectivity index (χ3n) is 2.60. The summed E-state index contributed by atoms with van der Waals surface area (Å²) in [4.78, 5) is 11.6. The van der Waals surface area contributed by atoms with E-state index in [1.54, 1.807) is 0 Å². The molecule has 16 heavy (non-hydrogen) atoms. The molecule has 2 aliphatic rings. The zero-order valence-electron chi connectivity index (χ0n) is 8.06. The fourth-order valence-corrected chi connectivity index (χ4v) is 1.59. The van der Waals surface area contributed by atoms with Gasteiger partial charge in [0, 0.05) is 6.08 Å². The third-order valence-corrected chi connectivity index (χ3v) is 2.60. The number of amides is 1. The Morgan fingerprint density at radius 2 is 1.69 bits per heavy atom. The number of fused-ring (bicyclic) bond motifs is 1. The van der Waals surface area contributed by atoms with Gasteiger partial charge in [0.2, 0.25) is 5.72 Å². The van der Waals surface area contributed by atoms with Gasteiger partial charge in [-0.15, -0.1) is 0 Å². The molecular formula is C7H10N2O7. The molecule has 2 rings (SSSR count). The van der Waals surface area contributed by atoms with Crippen LogP contribution in [0, 0.1) is 0 Å². The molecule has 2 heterocycles. The first-order valence-corrected chi connectivity index (χ1v) is 4.22. The fraction of sp³-hybridized carbons (Fsp3) is 0.571. The van der Waals surface area contributed by atoms with Crippen LogP contribution >= 0.6 is 0 Å². The second-order valence-corrected chi connectivity index (χ2v) is 3.84. The number of hydrogen-bond donors (Lipinski definition) is 6. The fourth-order valence-electron chi connectivity index (χ4n) is 1.59. The number of carbonyl (C=O) groups is 1. The van der Waals surface area contributed by atoms with E-state index in [0.717, 1.165) is 6.92 Å². The van der Waals surface area contributed by atoms with Gasteiger partial charge in [0.1, 0.15) is 5.82 Å². The summed E-state index contributed by atoms with van der Waals surface area (Å²) < 4.78 is 0. The van der Waals surface area contributed by atoms with Gasteiger partial charge in [-0.1, -0.05) is 0 Å². The summed E-state index contributed by atoms with van der Waals surface area (Å²) in [5.74, 6) is -8.45. The Balaban J connectivity index is 2.58. The van der Waals surface area contributed by atoms with Crippen molar-refractivity contribution in [2.24, 2.45) is 0 Å². The normalized spacial score (nSPS) is 35.4. The number of hydroxylamine groups is 2. The van der Waals surface area contributed by atoms with Crippen molar-refractivity contribution in [1.29, 1.82) is 0 Å². The molecule has 9 nitrogen and oxygen atoms in total. The number of carbonyl (C=O) groups excluding carboxylic acids is 1. The van der Waals surface area contributed by atoms with Crippen LogP contribution in [0.5, 0.6) is 0 Å². The lowest BCUT2D eigenvalue weighted by Crippen LogP contribution is -2.61. The van der Waals surface area contributed by atoms with E-state index >= 15 is 0 Å². The third kappa shape index (κ3) is 0.967. The lowest BCUT2D eigenvalue weighted by atomic mass is 10.2. The average molecular weight is 234 g/mol. The highest BCUT2D eigenvalue weighted by atomic mass is 16.6. The van der Waals surface area contributed by atoms with Gasteiger partial charge < -0.3 is 25.5 Å². The average Bonchev–Trinajstić information content (AvgIpc) is 2.39. The minimum atomic E-state index is -3.36. The van der Waals surface area contributed by atoms with E-state index in [4.69, 9.17) is 0 Å². The van der Waals surface area contributed by atoms with Gasteiger partial charge in [0.25, 0.3) is 11.7 Å². The van der Waals surface area contributed by atoms with Crippen molar-refractivity contribution in [3.63, 3.8) is 0 Å². The molecule has 0 aliphatic carbocycles. The minimum Gasteiger partial charge on any atom is -0.362 e. The molecule has 1 saturated heterocycles. The van der Waals surface area contributed by atoms with Crippen LogP contribution in [0.4, 0.5) is 0 Å². The highest BCUT2D eigenvalue weighted by molar-refractivity contribution is 5.89. The summed E-state index contributed by atoms with van der Waals surface area (Å²) in [7, 11) is 0. The van der Waals surface area contributed by atoms with Gasteiger partial charge in [-0.2, -0.15) is 5.06 Å². The summed E-state index contributed by atoms with van der Waals surface area (Å²) in [6, 6.07) is 0. The smallest absolute Gasteiger partial charge is 0.315 e. The molecule has 0 saturated carbocycles. The second kappa shape index (κ2) is 2.53. The van der Waals surface area contributed by atoms with Crippen molar-refractivity contribution in [2.75, 3.05) is 0 Å². The van der Waals surface area contributed by atoms with Crippen LogP contribution in [0.25, 0.3) is 0 Å². The molecule has 0 spiro atoms. The van der Waals surface area contributed by atoms with Crippen molar-refractivity contribution in [2.45, 2.75) is 24.3 Å². The molecule has 1 atom stereocenters. The molecule has 90 valence electrons. The summed E-state index contributed by atoms with van der Waals surface area (Å²) in [6.45, 7) is 0.904. The molecule has 1 amide bonds. The maximum absolute atomic E-state index is 11.5. The van der Waals surface area contributed by atoms with Gasteiger partial charge in [-0.05, 0) is 6.92 Å². The lowest BCUT2D eigenvalue weighted by molar-refractivity contribution is -0.367. The highest BCUT2D eigenvalue weighted by Gasteiger charge is 2.68. The van der Waals surface area contributed by atoms with Gasteiger partial charge in [0.05, 0.1) is 0 Å². The number of rotatable bonds is 0.